The van der Waals surface area contributed by atoms with Crippen molar-refractivity contribution in [3.8, 4) is 0 Å². The first-order chi connectivity index (χ1) is 7.64. The summed E-state index contributed by atoms with van der Waals surface area (Å²) >= 11 is 0. The van der Waals surface area contributed by atoms with Crippen molar-refractivity contribution in [3.05, 3.63) is 18.5 Å². The molecule has 0 aliphatic carbocycles. The smallest absolute Gasteiger partial charge is 0.236 e. The summed E-state index contributed by atoms with van der Waals surface area (Å²) in [6.07, 6.45) is 3.54. The van der Waals surface area contributed by atoms with E-state index in [1.807, 2.05) is 6.92 Å². The van der Waals surface area contributed by atoms with Gasteiger partial charge in [0.2, 0.25) is 16.0 Å². The van der Waals surface area contributed by atoms with Crippen molar-refractivity contribution in [1.29, 1.82) is 0 Å². The molecule has 0 saturated heterocycles. The molecule has 0 amide bonds. The Kier molecular flexibility index (Phi) is 5.13. The highest BCUT2D eigenvalue weighted by atomic mass is 32.2. The van der Waals surface area contributed by atoms with Gasteiger partial charge in [0, 0.05) is 12.4 Å². The molecule has 0 atom stereocenters. The summed E-state index contributed by atoms with van der Waals surface area (Å²) in [5, 5.41) is 3.06. The predicted octanol–water partition coefficient (Wildman–Crippen LogP) is 0.218. The van der Waals surface area contributed by atoms with Crippen LogP contribution in [0.3, 0.4) is 0 Å². The summed E-state index contributed by atoms with van der Waals surface area (Å²) in [5.41, 5.74) is 0. The molecule has 0 fully saturated rings. The summed E-state index contributed by atoms with van der Waals surface area (Å²) in [6.45, 7) is 3.51. The lowest BCUT2D eigenvalue weighted by molar-refractivity contribution is 0.594. The zero-order chi connectivity index (χ0) is 11.9. The van der Waals surface area contributed by atoms with Crippen molar-refractivity contribution in [2.24, 2.45) is 0 Å². The van der Waals surface area contributed by atoms with Crippen LogP contribution < -0.4 is 10.0 Å². The van der Waals surface area contributed by atoms with Crippen LogP contribution in [0.5, 0.6) is 0 Å². The first kappa shape index (κ1) is 12.9. The third kappa shape index (κ3) is 5.04. The van der Waals surface area contributed by atoms with Crippen LogP contribution in [0.25, 0.3) is 0 Å². The van der Waals surface area contributed by atoms with Gasteiger partial charge in [-0.05, 0) is 25.6 Å². The van der Waals surface area contributed by atoms with Crippen molar-refractivity contribution < 1.29 is 8.42 Å². The van der Waals surface area contributed by atoms with Crippen LogP contribution in [0.2, 0.25) is 0 Å². The largest absolute Gasteiger partial charge is 0.317 e. The highest BCUT2D eigenvalue weighted by molar-refractivity contribution is 7.92. The molecule has 90 valence electrons. The molecule has 0 spiro atoms. The Hall–Kier alpha value is -1.21. The predicted molar refractivity (Wildman–Crippen MR) is 62.6 cm³/mol. The maximum Gasteiger partial charge on any atom is 0.236 e. The van der Waals surface area contributed by atoms with Crippen molar-refractivity contribution in [2.45, 2.75) is 13.3 Å². The third-order valence-corrected chi connectivity index (χ3v) is 3.15. The van der Waals surface area contributed by atoms with E-state index in [-0.39, 0.29) is 11.7 Å². The van der Waals surface area contributed by atoms with E-state index < -0.39 is 10.0 Å². The van der Waals surface area contributed by atoms with E-state index in [9.17, 15) is 8.42 Å². The lowest BCUT2D eigenvalue weighted by atomic mass is 10.5. The fraction of sp³-hybridized carbons (Fsp3) is 0.556. The van der Waals surface area contributed by atoms with E-state index in [2.05, 4.69) is 20.0 Å². The van der Waals surface area contributed by atoms with E-state index in [0.29, 0.717) is 13.0 Å². The van der Waals surface area contributed by atoms with E-state index in [1.165, 1.54) is 12.4 Å². The van der Waals surface area contributed by atoms with Crippen LogP contribution >= 0.6 is 0 Å². The Morgan fingerprint density at radius 1 is 1.31 bits per heavy atom. The van der Waals surface area contributed by atoms with Crippen molar-refractivity contribution >= 4 is 16.0 Å². The second kappa shape index (κ2) is 6.39. The molecule has 1 rings (SSSR count). The molecule has 1 heterocycles. The van der Waals surface area contributed by atoms with Crippen molar-refractivity contribution in [3.63, 3.8) is 0 Å². The Labute approximate surface area is 95.6 Å². The SMILES string of the molecule is CCNCCCS(=O)(=O)Nc1ncccn1. The number of sulfonamides is 1. The molecule has 0 unspecified atom stereocenters. The minimum absolute atomic E-state index is 0.0677. The molecule has 2 N–H and O–H groups in total. The number of nitrogens with one attached hydrogen (secondary N) is 2. The Bertz CT molecular complexity index is 393. The molecule has 1 aromatic heterocycles. The second-order valence-corrected chi connectivity index (χ2v) is 5.04. The van der Waals surface area contributed by atoms with Gasteiger partial charge >= 0.3 is 0 Å². The first-order valence-electron chi connectivity index (χ1n) is 5.12. The number of rotatable bonds is 7. The minimum atomic E-state index is -3.33. The Morgan fingerprint density at radius 3 is 2.62 bits per heavy atom. The van der Waals surface area contributed by atoms with Gasteiger partial charge in [-0.25, -0.2) is 18.4 Å². The van der Waals surface area contributed by atoms with Gasteiger partial charge in [0.1, 0.15) is 0 Å². The van der Waals surface area contributed by atoms with Gasteiger partial charge in [0.25, 0.3) is 0 Å². The van der Waals surface area contributed by atoms with Gasteiger partial charge in [-0.3, -0.25) is 4.72 Å². The summed E-state index contributed by atoms with van der Waals surface area (Å²) in [4.78, 5) is 7.58. The molecule has 16 heavy (non-hydrogen) atoms. The fourth-order valence-corrected chi connectivity index (χ4v) is 2.12. The molecule has 7 heteroatoms. The summed E-state index contributed by atoms with van der Waals surface area (Å²) in [5.74, 6) is 0.184. The number of anilines is 1. The van der Waals surface area contributed by atoms with Crippen LogP contribution in [-0.2, 0) is 10.0 Å². The van der Waals surface area contributed by atoms with E-state index >= 15 is 0 Å². The van der Waals surface area contributed by atoms with Crippen molar-refractivity contribution in [1.82, 2.24) is 15.3 Å². The number of hydrogen-bond acceptors (Lipinski definition) is 5. The molecule has 0 aromatic carbocycles. The van der Waals surface area contributed by atoms with Crippen molar-refractivity contribution in [2.75, 3.05) is 23.6 Å². The Morgan fingerprint density at radius 2 is 2.00 bits per heavy atom. The summed E-state index contributed by atoms with van der Waals surface area (Å²) in [7, 11) is -3.33. The van der Waals surface area contributed by atoms with Crippen LogP contribution in [-0.4, -0.2) is 37.2 Å². The summed E-state index contributed by atoms with van der Waals surface area (Å²) in [6, 6.07) is 1.63. The number of aromatic nitrogens is 2. The van der Waals surface area contributed by atoms with Gasteiger partial charge in [-0.2, -0.15) is 0 Å². The van der Waals surface area contributed by atoms with Gasteiger partial charge in [0.05, 0.1) is 5.75 Å². The highest BCUT2D eigenvalue weighted by Gasteiger charge is 2.10. The first-order valence-corrected chi connectivity index (χ1v) is 6.77. The molecule has 0 radical (unpaired) electrons. The molecular weight excluding hydrogens is 228 g/mol. The average Bonchev–Trinajstić information content (AvgIpc) is 2.25. The van der Waals surface area contributed by atoms with Crippen LogP contribution in [0, 0.1) is 0 Å². The van der Waals surface area contributed by atoms with Crippen LogP contribution in [0.4, 0.5) is 5.95 Å². The second-order valence-electron chi connectivity index (χ2n) is 3.20. The van der Waals surface area contributed by atoms with E-state index in [1.54, 1.807) is 6.07 Å². The topological polar surface area (TPSA) is 84.0 Å². The maximum absolute atomic E-state index is 11.5. The maximum atomic E-state index is 11.5. The molecular formula is C9H16N4O2S. The van der Waals surface area contributed by atoms with Gasteiger partial charge in [-0.1, -0.05) is 6.92 Å². The van der Waals surface area contributed by atoms with Gasteiger partial charge < -0.3 is 5.32 Å². The molecule has 0 aliphatic heterocycles. The van der Waals surface area contributed by atoms with Crippen LogP contribution in [0.15, 0.2) is 18.5 Å². The zero-order valence-corrected chi connectivity index (χ0v) is 10.00. The molecule has 0 aliphatic rings. The quantitative estimate of drug-likeness (QED) is 0.670. The molecule has 0 saturated carbocycles. The Balaban J connectivity index is 2.40. The van der Waals surface area contributed by atoms with Gasteiger partial charge in [0.15, 0.2) is 0 Å². The molecule has 1 aromatic rings. The highest BCUT2D eigenvalue weighted by Crippen LogP contribution is 2.00. The standard InChI is InChI=1S/C9H16N4O2S/c1-2-10-5-4-8-16(14,15)13-9-11-6-3-7-12-9/h3,6-7,10H,2,4-5,8H2,1H3,(H,11,12,13). The van der Waals surface area contributed by atoms with Crippen LogP contribution in [0.1, 0.15) is 13.3 Å². The third-order valence-electron chi connectivity index (χ3n) is 1.83. The lowest BCUT2D eigenvalue weighted by Gasteiger charge is -2.05. The summed E-state index contributed by atoms with van der Waals surface area (Å²) < 4.78 is 25.4. The molecule has 0 bridgehead atoms. The van der Waals surface area contributed by atoms with E-state index in [4.69, 9.17) is 0 Å². The van der Waals surface area contributed by atoms with Gasteiger partial charge in [-0.15, -0.1) is 0 Å². The van der Waals surface area contributed by atoms with E-state index in [0.717, 1.165) is 6.54 Å². The zero-order valence-electron chi connectivity index (χ0n) is 9.18. The monoisotopic (exact) mass is 244 g/mol. The lowest BCUT2D eigenvalue weighted by Crippen LogP contribution is -2.22. The molecule has 6 nitrogen and oxygen atoms in total. The fourth-order valence-electron chi connectivity index (χ4n) is 1.11. The normalized spacial score (nSPS) is 11.3. The number of nitrogens with zero attached hydrogens (tertiary/aromatic N) is 2. The average molecular weight is 244 g/mol. The minimum Gasteiger partial charge on any atom is -0.317 e. The number of hydrogen-bond donors (Lipinski definition) is 2.